The topological polar surface area (TPSA) is 0 Å². The zero-order chi connectivity index (χ0) is 34.6. The largest absolute Gasteiger partial charge is 0.0776 e. The van der Waals surface area contributed by atoms with Crippen molar-refractivity contribution in [1.29, 1.82) is 0 Å². The first-order valence-corrected chi connectivity index (χ1v) is 19.6. The molecular weight excluding hydrogens is 516 g/mol. The van der Waals surface area contributed by atoms with Gasteiger partial charge in [0.25, 0.3) is 0 Å². The van der Waals surface area contributed by atoms with Crippen molar-refractivity contribution in [3.63, 3.8) is 0 Å². The third-order valence-corrected chi connectivity index (χ3v) is 8.46. The Hall–Kier alpha value is 0. The zero-order valence-electron chi connectivity index (χ0n) is 34.6. The summed E-state index contributed by atoms with van der Waals surface area (Å²) in [5.74, 6) is 5.34. The summed E-state index contributed by atoms with van der Waals surface area (Å²) in [4.78, 5) is 0. The molecule has 0 aliphatic carbocycles. The maximum Gasteiger partial charge on any atom is -0.0329 e. The second kappa shape index (κ2) is 46.4. The quantitative estimate of drug-likeness (QED) is 0.152. The third-order valence-electron chi connectivity index (χ3n) is 8.46. The Morgan fingerprint density at radius 1 is 0.419 bits per heavy atom. The van der Waals surface area contributed by atoms with Gasteiger partial charge in [-0.1, -0.05) is 236 Å². The van der Waals surface area contributed by atoms with E-state index in [0.717, 1.165) is 35.5 Å². The average molecular weight is 617 g/mol. The molecule has 3 atom stereocenters. The van der Waals surface area contributed by atoms with Crippen molar-refractivity contribution in [2.75, 3.05) is 0 Å². The summed E-state index contributed by atoms with van der Waals surface area (Å²) < 4.78 is 0. The Kier molecular flexibility index (Phi) is 63.2. The molecule has 0 nitrogen and oxygen atoms in total. The normalized spacial score (nSPS) is 12.3. The molecular formula is C43H100. The molecule has 272 valence electrons. The molecule has 3 unspecified atom stereocenters. The van der Waals surface area contributed by atoms with Gasteiger partial charge in [0.05, 0.1) is 0 Å². The highest BCUT2D eigenvalue weighted by Crippen LogP contribution is 2.35. The second-order valence-electron chi connectivity index (χ2n) is 14.9. The van der Waals surface area contributed by atoms with Crippen molar-refractivity contribution in [3.05, 3.63) is 0 Å². The second-order valence-corrected chi connectivity index (χ2v) is 14.9. The van der Waals surface area contributed by atoms with E-state index in [2.05, 4.69) is 125 Å². The lowest BCUT2D eigenvalue weighted by molar-refractivity contribution is 0.186. The van der Waals surface area contributed by atoms with Crippen LogP contribution in [0.3, 0.4) is 0 Å². The van der Waals surface area contributed by atoms with Gasteiger partial charge >= 0.3 is 0 Å². The van der Waals surface area contributed by atoms with Gasteiger partial charge < -0.3 is 0 Å². The highest BCUT2D eigenvalue weighted by atomic mass is 14.3. The molecule has 0 radical (unpaired) electrons. The molecule has 0 aromatic heterocycles. The van der Waals surface area contributed by atoms with E-state index in [0.29, 0.717) is 5.41 Å². The van der Waals surface area contributed by atoms with E-state index < -0.39 is 0 Å². The van der Waals surface area contributed by atoms with Crippen LogP contribution in [-0.4, -0.2) is 0 Å². The van der Waals surface area contributed by atoms with Crippen LogP contribution in [0.1, 0.15) is 242 Å². The van der Waals surface area contributed by atoms with Crippen LogP contribution < -0.4 is 0 Å². The van der Waals surface area contributed by atoms with Gasteiger partial charge in [-0.3, -0.25) is 0 Å². The molecule has 0 amide bonds. The van der Waals surface area contributed by atoms with E-state index >= 15 is 0 Å². The first-order chi connectivity index (χ1) is 19.6. The molecule has 0 aliphatic rings. The van der Waals surface area contributed by atoms with Crippen LogP contribution in [0.5, 0.6) is 0 Å². The van der Waals surface area contributed by atoms with Crippen LogP contribution in [0.25, 0.3) is 0 Å². The molecule has 0 rings (SSSR count). The van der Waals surface area contributed by atoms with Gasteiger partial charge in [-0.15, -0.1) is 0 Å². The molecule has 0 aromatic rings. The fourth-order valence-corrected chi connectivity index (χ4v) is 4.09. The van der Waals surface area contributed by atoms with E-state index in [1.807, 2.05) is 13.8 Å². The van der Waals surface area contributed by atoms with Crippen molar-refractivity contribution >= 4 is 0 Å². The highest BCUT2D eigenvalue weighted by Gasteiger charge is 2.24. The van der Waals surface area contributed by atoms with Crippen molar-refractivity contribution in [2.45, 2.75) is 242 Å². The van der Waals surface area contributed by atoms with Gasteiger partial charge in [-0.05, 0) is 47.3 Å². The molecule has 0 aromatic carbocycles. The fourth-order valence-electron chi connectivity index (χ4n) is 4.09. The minimum absolute atomic E-state index is 0. The standard InChI is InChI=1S/C16H34.C9H20.C6H14.C5H12.C4H10.C2H6.CH4/c1-8-14(4)10-9-11-15(5)12-16(6,7)13(2)3;1-4-6-8-9(3)7-5-2;1-4-6(3)5-2;1-3-5-4-2;1-4(2)3;1-2;/h13-15H,8-12H2,1-7H3;9H,4-8H2,1-3H3;6H,4-5H2,1-3H3;3-5H2,1-2H3;4H,1-3H3;1-2H3;1H4. The van der Waals surface area contributed by atoms with Gasteiger partial charge in [-0.25, -0.2) is 0 Å². The van der Waals surface area contributed by atoms with Gasteiger partial charge in [0, 0.05) is 0 Å². The van der Waals surface area contributed by atoms with Gasteiger partial charge in [-0.2, -0.15) is 0 Å². The lowest BCUT2D eigenvalue weighted by atomic mass is 9.74. The van der Waals surface area contributed by atoms with Crippen LogP contribution in [-0.2, 0) is 0 Å². The van der Waals surface area contributed by atoms with Crippen molar-refractivity contribution in [2.24, 2.45) is 40.9 Å². The SMILES string of the molecule is C.CC.CC(C)C.CCC(C)CC.CCC(C)CCCC(C)CC(C)(C)C(C)C.CCCCC.CCCCC(C)CCC. The maximum absolute atomic E-state index is 2.43. The zero-order valence-corrected chi connectivity index (χ0v) is 34.6. The lowest BCUT2D eigenvalue weighted by Gasteiger charge is -2.32. The molecule has 0 bridgehead atoms. The van der Waals surface area contributed by atoms with Crippen molar-refractivity contribution < 1.29 is 0 Å². The summed E-state index contributed by atoms with van der Waals surface area (Å²) in [7, 11) is 0. The van der Waals surface area contributed by atoms with Gasteiger partial charge in [0.2, 0.25) is 0 Å². The minimum Gasteiger partial charge on any atom is -0.0776 e. The smallest absolute Gasteiger partial charge is 0.0329 e. The van der Waals surface area contributed by atoms with Crippen LogP contribution in [0, 0.1) is 40.9 Å². The van der Waals surface area contributed by atoms with Crippen LogP contribution in [0.4, 0.5) is 0 Å². The predicted octanol–water partition coefficient (Wildman–Crippen LogP) is 17.5. The van der Waals surface area contributed by atoms with Gasteiger partial charge in [0.15, 0.2) is 0 Å². The fraction of sp³-hybridized carbons (Fsp3) is 1.00. The van der Waals surface area contributed by atoms with E-state index in [-0.39, 0.29) is 7.43 Å². The summed E-state index contributed by atoms with van der Waals surface area (Å²) in [6, 6.07) is 0. The molecule has 0 heteroatoms. The number of hydrogen-bond acceptors (Lipinski definition) is 0. The first kappa shape index (κ1) is 58.5. The number of rotatable bonds is 17. The van der Waals surface area contributed by atoms with Crippen LogP contribution in [0.15, 0.2) is 0 Å². The van der Waals surface area contributed by atoms with Crippen molar-refractivity contribution in [1.82, 2.24) is 0 Å². The highest BCUT2D eigenvalue weighted by molar-refractivity contribution is 4.75. The minimum atomic E-state index is 0. The Labute approximate surface area is 282 Å². The van der Waals surface area contributed by atoms with E-state index in [9.17, 15) is 0 Å². The number of unbranched alkanes of at least 4 members (excludes halogenated alkanes) is 3. The van der Waals surface area contributed by atoms with E-state index in [1.54, 1.807) is 0 Å². The monoisotopic (exact) mass is 617 g/mol. The molecule has 0 saturated carbocycles. The summed E-state index contributed by atoms with van der Waals surface area (Å²) >= 11 is 0. The first-order valence-electron chi connectivity index (χ1n) is 19.6. The predicted molar refractivity (Wildman–Crippen MR) is 213 cm³/mol. The number of hydrogen-bond donors (Lipinski definition) is 0. The third kappa shape index (κ3) is 65.6. The Morgan fingerprint density at radius 3 is 1.02 bits per heavy atom. The molecule has 0 heterocycles. The van der Waals surface area contributed by atoms with E-state index in [4.69, 9.17) is 0 Å². The molecule has 0 N–H and O–H groups in total. The van der Waals surface area contributed by atoms with Crippen LogP contribution in [0.2, 0.25) is 0 Å². The van der Waals surface area contributed by atoms with Crippen LogP contribution >= 0.6 is 0 Å². The molecule has 0 fully saturated rings. The summed E-state index contributed by atoms with van der Waals surface area (Å²) in [6.07, 6.45) is 20.7. The van der Waals surface area contributed by atoms with E-state index in [1.165, 1.54) is 96.3 Å². The Balaban J connectivity index is -0.0000000815. The average Bonchev–Trinajstić information content (AvgIpc) is 2.93. The molecule has 0 saturated heterocycles. The summed E-state index contributed by atoms with van der Waals surface area (Å²) in [5.41, 5.74) is 0.510. The van der Waals surface area contributed by atoms with Crippen molar-refractivity contribution in [3.8, 4) is 0 Å². The maximum atomic E-state index is 2.43. The van der Waals surface area contributed by atoms with Gasteiger partial charge in [0.1, 0.15) is 0 Å². The molecule has 0 aliphatic heterocycles. The molecule has 0 spiro atoms. The Morgan fingerprint density at radius 2 is 0.767 bits per heavy atom. The Bertz CT molecular complexity index is 396. The molecule has 43 heavy (non-hydrogen) atoms. The lowest BCUT2D eigenvalue weighted by Crippen LogP contribution is -2.22. The summed E-state index contributed by atoms with van der Waals surface area (Å²) in [5, 5.41) is 0. The summed E-state index contributed by atoms with van der Waals surface area (Å²) in [6.45, 7) is 45.2.